The van der Waals surface area contributed by atoms with Crippen molar-refractivity contribution in [2.75, 3.05) is 24.5 Å². The third-order valence-corrected chi connectivity index (χ3v) is 7.14. The van der Waals surface area contributed by atoms with Crippen molar-refractivity contribution in [3.8, 4) is 0 Å². The number of fused-ring (bicyclic) bond motifs is 1. The topological polar surface area (TPSA) is 43.8 Å². The van der Waals surface area contributed by atoms with Crippen LogP contribution in [0.1, 0.15) is 39.9 Å². The summed E-state index contributed by atoms with van der Waals surface area (Å²) in [5.41, 5.74) is 0.578. The van der Waals surface area contributed by atoms with Gasteiger partial charge in [-0.1, -0.05) is 36.4 Å². The number of piperidine rings is 1. The number of carbonyl (C=O) groups is 1. The summed E-state index contributed by atoms with van der Waals surface area (Å²) in [7, 11) is 0. The van der Waals surface area contributed by atoms with Crippen molar-refractivity contribution < 1.29 is 27.5 Å². The number of amides is 1. The van der Waals surface area contributed by atoms with Crippen LogP contribution in [0.3, 0.4) is 0 Å². The average Bonchev–Trinajstić information content (AvgIpc) is 2.88. The fourth-order valence-electron chi connectivity index (χ4n) is 5.12. The fraction of sp³-hybridized carbons (Fsp3) is 0.276. The molecule has 3 aromatic carbocycles. The number of hydrogen-bond acceptors (Lipinski definition) is 3. The summed E-state index contributed by atoms with van der Waals surface area (Å²) in [6.07, 6.45) is -0.593. The number of aliphatic hydroxyl groups is 1. The van der Waals surface area contributed by atoms with Crippen LogP contribution in [-0.2, 0) is 12.6 Å². The van der Waals surface area contributed by atoms with Crippen LogP contribution >= 0.6 is 0 Å². The molecule has 2 aliphatic rings. The van der Waals surface area contributed by atoms with Crippen LogP contribution in [0.15, 0.2) is 72.8 Å². The number of alkyl halides is 3. The number of nitrogens with zero attached hydrogens (tertiary/aromatic N) is 2. The molecule has 0 bridgehead atoms. The summed E-state index contributed by atoms with van der Waals surface area (Å²) in [6.45, 7) is 1.07. The molecule has 5 rings (SSSR count). The van der Waals surface area contributed by atoms with Crippen LogP contribution in [0, 0.1) is 5.82 Å². The monoisotopic (exact) mass is 510 g/mol. The standard InChI is InChI=1S/C29H26F4N2O2/c30-25-8-3-9-26-23(25)6-4-16-35(26)22-12-10-20(11-13-22)27(36)34-17-14-28(37,15-18-34)19-21-5-1-2-7-24(21)29(31,32)33/h1-13,37H,14-19H2. The molecule has 1 fully saturated rings. The van der Waals surface area contributed by atoms with E-state index in [-0.39, 0.29) is 49.6 Å². The second kappa shape index (κ2) is 9.67. The highest BCUT2D eigenvalue weighted by molar-refractivity contribution is 5.95. The zero-order valence-electron chi connectivity index (χ0n) is 20.0. The first-order chi connectivity index (χ1) is 17.6. The van der Waals surface area contributed by atoms with Crippen molar-refractivity contribution in [1.29, 1.82) is 0 Å². The summed E-state index contributed by atoms with van der Waals surface area (Å²) >= 11 is 0. The Morgan fingerprint density at radius 3 is 2.35 bits per heavy atom. The molecule has 2 aliphatic heterocycles. The predicted octanol–water partition coefficient (Wildman–Crippen LogP) is 6.22. The van der Waals surface area contributed by atoms with E-state index in [2.05, 4.69) is 0 Å². The number of carbonyl (C=O) groups excluding carboxylic acids is 1. The van der Waals surface area contributed by atoms with Crippen molar-refractivity contribution in [2.24, 2.45) is 0 Å². The molecule has 3 aromatic rings. The Morgan fingerprint density at radius 1 is 0.946 bits per heavy atom. The van der Waals surface area contributed by atoms with E-state index in [0.29, 0.717) is 17.7 Å². The molecule has 1 N–H and O–H groups in total. The molecule has 0 unspecified atom stereocenters. The minimum absolute atomic E-state index is 0.0573. The highest BCUT2D eigenvalue weighted by atomic mass is 19.4. The van der Waals surface area contributed by atoms with E-state index >= 15 is 0 Å². The van der Waals surface area contributed by atoms with Gasteiger partial charge in [0.1, 0.15) is 5.82 Å². The third kappa shape index (κ3) is 5.11. The largest absolute Gasteiger partial charge is 0.416 e. The lowest BCUT2D eigenvalue weighted by Gasteiger charge is -2.38. The molecule has 1 amide bonds. The lowest BCUT2D eigenvalue weighted by Crippen LogP contribution is -2.48. The van der Waals surface area contributed by atoms with Crippen LogP contribution in [0.5, 0.6) is 0 Å². The zero-order valence-corrected chi connectivity index (χ0v) is 20.0. The first-order valence-electron chi connectivity index (χ1n) is 12.1. The van der Waals surface area contributed by atoms with Crippen LogP contribution in [0.25, 0.3) is 6.08 Å². The summed E-state index contributed by atoms with van der Waals surface area (Å²) in [5.74, 6) is -0.494. The van der Waals surface area contributed by atoms with Gasteiger partial charge in [0.15, 0.2) is 0 Å². The number of likely N-dealkylation sites (tertiary alicyclic amines) is 1. The van der Waals surface area contributed by atoms with Gasteiger partial charge in [0.25, 0.3) is 5.91 Å². The highest BCUT2D eigenvalue weighted by Crippen LogP contribution is 2.36. The maximum Gasteiger partial charge on any atom is 0.416 e. The molecule has 0 aromatic heterocycles. The van der Waals surface area contributed by atoms with E-state index in [9.17, 15) is 27.5 Å². The SMILES string of the molecule is O=C(c1ccc(N2CC=Cc3c(F)cccc32)cc1)N1CCC(O)(Cc2ccccc2C(F)(F)F)CC1. The Bertz CT molecular complexity index is 1330. The van der Waals surface area contributed by atoms with E-state index in [1.54, 1.807) is 29.2 Å². The quantitative estimate of drug-likeness (QED) is 0.424. The van der Waals surface area contributed by atoms with Crippen LogP contribution in [0.4, 0.5) is 28.9 Å². The molecule has 1 saturated heterocycles. The normalized spacial score (nSPS) is 17.0. The van der Waals surface area contributed by atoms with Gasteiger partial charge in [-0.25, -0.2) is 4.39 Å². The van der Waals surface area contributed by atoms with Gasteiger partial charge in [0, 0.05) is 42.9 Å². The van der Waals surface area contributed by atoms with Crippen LogP contribution in [-0.4, -0.2) is 41.1 Å². The molecule has 0 radical (unpaired) electrons. The average molecular weight is 511 g/mol. The van der Waals surface area contributed by atoms with E-state index in [4.69, 9.17) is 0 Å². The molecular weight excluding hydrogens is 484 g/mol. The summed E-state index contributed by atoms with van der Waals surface area (Å²) in [6, 6.07) is 17.3. The molecule has 0 atom stereocenters. The lowest BCUT2D eigenvalue weighted by molar-refractivity contribution is -0.138. The molecule has 37 heavy (non-hydrogen) atoms. The smallest absolute Gasteiger partial charge is 0.389 e. The summed E-state index contributed by atoms with van der Waals surface area (Å²) in [4.78, 5) is 16.7. The van der Waals surface area contributed by atoms with E-state index in [1.807, 2.05) is 29.2 Å². The Hall–Kier alpha value is -3.65. The molecular formula is C29H26F4N2O2. The first-order valence-corrected chi connectivity index (χ1v) is 12.1. The predicted molar refractivity (Wildman–Crippen MR) is 134 cm³/mol. The minimum Gasteiger partial charge on any atom is -0.389 e. The molecule has 0 saturated carbocycles. The van der Waals surface area contributed by atoms with Crippen molar-refractivity contribution in [3.05, 3.63) is 101 Å². The minimum atomic E-state index is -4.49. The zero-order chi connectivity index (χ0) is 26.2. The van der Waals surface area contributed by atoms with Crippen molar-refractivity contribution in [2.45, 2.75) is 31.0 Å². The maximum atomic E-state index is 14.2. The molecule has 4 nitrogen and oxygen atoms in total. The van der Waals surface area contributed by atoms with Crippen LogP contribution in [0.2, 0.25) is 0 Å². The van der Waals surface area contributed by atoms with E-state index in [0.717, 1.165) is 17.4 Å². The Kier molecular flexibility index (Phi) is 6.54. The van der Waals surface area contributed by atoms with Gasteiger partial charge >= 0.3 is 6.18 Å². The summed E-state index contributed by atoms with van der Waals surface area (Å²) in [5, 5.41) is 11.0. The second-order valence-electron chi connectivity index (χ2n) is 9.58. The Morgan fingerprint density at radius 2 is 1.65 bits per heavy atom. The van der Waals surface area contributed by atoms with Crippen molar-refractivity contribution in [3.63, 3.8) is 0 Å². The number of halogens is 4. The van der Waals surface area contributed by atoms with Gasteiger partial charge in [-0.15, -0.1) is 0 Å². The molecule has 0 aliphatic carbocycles. The fourth-order valence-corrected chi connectivity index (χ4v) is 5.12. The number of benzene rings is 3. The molecule has 192 valence electrons. The van der Waals surface area contributed by atoms with Gasteiger partial charge in [-0.2, -0.15) is 13.2 Å². The van der Waals surface area contributed by atoms with Gasteiger partial charge in [0.2, 0.25) is 0 Å². The van der Waals surface area contributed by atoms with E-state index < -0.39 is 17.3 Å². The van der Waals surface area contributed by atoms with Gasteiger partial charge < -0.3 is 14.9 Å². The van der Waals surface area contributed by atoms with Crippen molar-refractivity contribution in [1.82, 2.24) is 4.90 Å². The molecule has 0 spiro atoms. The van der Waals surface area contributed by atoms with E-state index in [1.165, 1.54) is 24.3 Å². The van der Waals surface area contributed by atoms with Gasteiger partial charge in [-0.05, 0) is 60.9 Å². The summed E-state index contributed by atoms with van der Waals surface area (Å²) < 4.78 is 54.3. The third-order valence-electron chi connectivity index (χ3n) is 7.14. The highest BCUT2D eigenvalue weighted by Gasteiger charge is 2.38. The molecule has 2 heterocycles. The maximum absolute atomic E-state index is 14.2. The van der Waals surface area contributed by atoms with Crippen molar-refractivity contribution >= 4 is 23.4 Å². The lowest BCUT2D eigenvalue weighted by atomic mass is 9.83. The Labute approximate surface area is 212 Å². The Balaban J connectivity index is 1.25. The van der Waals surface area contributed by atoms with Gasteiger partial charge in [0.05, 0.1) is 16.9 Å². The second-order valence-corrected chi connectivity index (χ2v) is 9.58. The number of rotatable bonds is 4. The first kappa shape index (κ1) is 25.0. The number of anilines is 2. The molecule has 8 heteroatoms. The number of hydrogen-bond donors (Lipinski definition) is 1. The van der Waals surface area contributed by atoms with Gasteiger partial charge in [-0.3, -0.25) is 4.79 Å². The van der Waals surface area contributed by atoms with Crippen LogP contribution < -0.4 is 4.90 Å².